The van der Waals surface area contributed by atoms with Crippen LogP contribution in [0.2, 0.25) is 0 Å². The Hall–Kier alpha value is -2.00. The quantitative estimate of drug-likeness (QED) is 0.771. The summed E-state index contributed by atoms with van der Waals surface area (Å²) in [6, 6.07) is 5.80. The van der Waals surface area contributed by atoms with Gasteiger partial charge in [-0.15, -0.1) is 0 Å². The van der Waals surface area contributed by atoms with Crippen molar-refractivity contribution in [2.24, 2.45) is 0 Å². The fourth-order valence-corrected chi connectivity index (χ4v) is 3.39. The lowest BCUT2D eigenvalue weighted by Crippen LogP contribution is -2.45. The Balaban J connectivity index is 1.85. The van der Waals surface area contributed by atoms with Gasteiger partial charge in [0.05, 0.1) is 6.26 Å². The molecule has 25 heavy (non-hydrogen) atoms. The Kier molecular flexibility index (Phi) is 6.49. The Bertz CT molecular complexity index is 712. The Morgan fingerprint density at radius 3 is 2.40 bits per heavy atom. The maximum absolute atomic E-state index is 12.2. The zero-order valence-corrected chi connectivity index (χ0v) is 14.5. The number of carbonyl (C=O) groups is 1. The summed E-state index contributed by atoms with van der Waals surface area (Å²) in [7, 11) is -3.24. The summed E-state index contributed by atoms with van der Waals surface area (Å²) in [5.74, 6) is -0.121. The highest BCUT2D eigenvalue weighted by Gasteiger charge is 2.23. The van der Waals surface area contributed by atoms with E-state index in [2.05, 4.69) is 9.46 Å². The number of likely N-dealkylation sites (tertiary alicyclic amines) is 1. The summed E-state index contributed by atoms with van der Waals surface area (Å²) in [5, 5.41) is 0. The van der Waals surface area contributed by atoms with Crippen LogP contribution in [0.1, 0.15) is 18.4 Å². The molecule has 1 aliphatic heterocycles. The van der Waals surface area contributed by atoms with Gasteiger partial charge in [0.2, 0.25) is 15.9 Å². The number of amides is 1. The van der Waals surface area contributed by atoms with Crippen LogP contribution in [0.15, 0.2) is 30.3 Å². The summed E-state index contributed by atoms with van der Waals surface area (Å²) in [6.07, 6.45) is 5.24. The van der Waals surface area contributed by atoms with Crippen molar-refractivity contribution in [1.29, 1.82) is 0 Å². The van der Waals surface area contributed by atoms with E-state index in [1.54, 1.807) is 23.1 Å². The third-order valence-corrected chi connectivity index (χ3v) is 4.47. The zero-order chi connectivity index (χ0) is 18.4. The van der Waals surface area contributed by atoms with Crippen LogP contribution < -0.4 is 9.46 Å². The number of sulfonamides is 1. The molecule has 0 bridgehead atoms. The second kappa shape index (κ2) is 8.39. The molecule has 1 aromatic carbocycles. The van der Waals surface area contributed by atoms with Gasteiger partial charge in [-0.1, -0.05) is 12.1 Å². The van der Waals surface area contributed by atoms with Gasteiger partial charge in [-0.3, -0.25) is 4.79 Å². The van der Waals surface area contributed by atoms with Crippen molar-refractivity contribution < 1.29 is 26.7 Å². The molecule has 138 valence electrons. The molecule has 1 fully saturated rings. The normalized spacial score (nSPS) is 16.6. The van der Waals surface area contributed by atoms with Crippen LogP contribution in [0.25, 0.3) is 6.08 Å². The minimum absolute atomic E-state index is 0.0546. The zero-order valence-electron chi connectivity index (χ0n) is 13.7. The van der Waals surface area contributed by atoms with E-state index in [4.69, 9.17) is 0 Å². The van der Waals surface area contributed by atoms with Crippen molar-refractivity contribution in [3.8, 4) is 5.75 Å². The molecule has 1 amide bonds. The molecule has 9 heteroatoms. The number of rotatable bonds is 6. The van der Waals surface area contributed by atoms with E-state index in [9.17, 15) is 22.0 Å². The van der Waals surface area contributed by atoms with E-state index < -0.39 is 16.6 Å². The second-order valence-electron chi connectivity index (χ2n) is 5.77. The van der Waals surface area contributed by atoms with E-state index in [0.717, 1.165) is 6.26 Å². The molecule has 0 aromatic heterocycles. The van der Waals surface area contributed by atoms with E-state index in [1.165, 1.54) is 18.2 Å². The summed E-state index contributed by atoms with van der Waals surface area (Å²) < 4.78 is 53.4. The van der Waals surface area contributed by atoms with Crippen molar-refractivity contribution in [3.63, 3.8) is 0 Å². The molecule has 1 aliphatic rings. The molecule has 2 rings (SSSR count). The van der Waals surface area contributed by atoms with Gasteiger partial charge in [0.1, 0.15) is 5.75 Å². The maximum Gasteiger partial charge on any atom is 0.387 e. The number of carbonyl (C=O) groups excluding carboxylic acids is 1. The molecule has 0 atom stereocenters. The summed E-state index contributed by atoms with van der Waals surface area (Å²) in [6.45, 7) is -1.93. The second-order valence-corrected chi connectivity index (χ2v) is 7.55. The summed E-state index contributed by atoms with van der Waals surface area (Å²) in [5.41, 5.74) is 0.684. The number of ether oxygens (including phenoxy) is 1. The van der Waals surface area contributed by atoms with Gasteiger partial charge >= 0.3 is 6.61 Å². The van der Waals surface area contributed by atoms with Crippen molar-refractivity contribution in [2.75, 3.05) is 19.3 Å². The summed E-state index contributed by atoms with van der Waals surface area (Å²) >= 11 is 0. The van der Waals surface area contributed by atoms with Crippen LogP contribution in [0.4, 0.5) is 8.78 Å². The van der Waals surface area contributed by atoms with E-state index >= 15 is 0 Å². The van der Waals surface area contributed by atoms with Gasteiger partial charge in [0.25, 0.3) is 0 Å². The minimum Gasteiger partial charge on any atom is -0.435 e. The topological polar surface area (TPSA) is 75.7 Å². The standard InChI is InChI=1S/C16H20F2N2O4S/c1-25(22,23)19-13-8-10-20(11-9-13)15(21)7-4-12-2-5-14(6-3-12)24-16(17)18/h2-7,13,16,19H,8-11H2,1H3/b7-4+. The van der Waals surface area contributed by atoms with Crippen LogP contribution in [-0.4, -0.2) is 51.2 Å². The van der Waals surface area contributed by atoms with Gasteiger partial charge < -0.3 is 9.64 Å². The number of hydrogen-bond acceptors (Lipinski definition) is 4. The number of hydrogen-bond donors (Lipinski definition) is 1. The monoisotopic (exact) mass is 374 g/mol. The van der Waals surface area contributed by atoms with Gasteiger partial charge in [-0.25, -0.2) is 13.1 Å². The van der Waals surface area contributed by atoms with E-state index in [0.29, 0.717) is 31.5 Å². The lowest BCUT2D eigenvalue weighted by atomic mass is 10.1. The molecule has 0 aliphatic carbocycles. The largest absolute Gasteiger partial charge is 0.435 e. The van der Waals surface area contributed by atoms with Gasteiger partial charge in [-0.05, 0) is 36.6 Å². The molecule has 1 heterocycles. The number of alkyl halides is 2. The highest BCUT2D eigenvalue weighted by atomic mass is 32.2. The first-order valence-corrected chi connectivity index (χ1v) is 9.61. The van der Waals surface area contributed by atoms with Crippen LogP contribution in [-0.2, 0) is 14.8 Å². The molecular weight excluding hydrogens is 354 g/mol. The highest BCUT2D eigenvalue weighted by molar-refractivity contribution is 7.88. The molecule has 0 spiro atoms. The lowest BCUT2D eigenvalue weighted by Gasteiger charge is -2.31. The predicted octanol–water partition coefficient (Wildman–Crippen LogP) is 1.84. The lowest BCUT2D eigenvalue weighted by molar-refractivity contribution is -0.126. The SMILES string of the molecule is CS(=O)(=O)NC1CCN(C(=O)/C=C/c2ccc(OC(F)F)cc2)CC1. The molecular formula is C16H20F2N2O4S. The third kappa shape index (κ3) is 6.79. The first-order valence-electron chi connectivity index (χ1n) is 7.72. The maximum atomic E-state index is 12.2. The van der Waals surface area contributed by atoms with Crippen LogP contribution in [0.5, 0.6) is 5.75 Å². The molecule has 6 nitrogen and oxygen atoms in total. The smallest absolute Gasteiger partial charge is 0.387 e. The van der Waals surface area contributed by atoms with Crippen molar-refractivity contribution in [3.05, 3.63) is 35.9 Å². The van der Waals surface area contributed by atoms with Gasteiger partial charge in [0, 0.05) is 25.2 Å². The van der Waals surface area contributed by atoms with Crippen LogP contribution in [0, 0.1) is 0 Å². The molecule has 0 radical (unpaired) electrons. The number of piperidine rings is 1. The summed E-state index contributed by atoms with van der Waals surface area (Å²) in [4.78, 5) is 13.8. The first kappa shape index (κ1) is 19.3. The Morgan fingerprint density at radius 1 is 1.28 bits per heavy atom. The highest BCUT2D eigenvalue weighted by Crippen LogP contribution is 2.16. The number of halogens is 2. The fourth-order valence-electron chi connectivity index (χ4n) is 2.55. The fraction of sp³-hybridized carbons (Fsp3) is 0.438. The number of benzene rings is 1. The molecule has 1 aromatic rings. The van der Waals surface area contributed by atoms with Crippen LogP contribution in [0.3, 0.4) is 0 Å². The van der Waals surface area contributed by atoms with Crippen molar-refractivity contribution in [1.82, 2.24) is 9.62 Å². The first-order chi connectivity index (χ1) is 11.7. The Labute approximate surface area is 145 Å². The molecule has 1 saturated heterocycles. The average molecular weight is 374 g/mol. The van der Waals surface area contributed by atoms with Crippen molar-refractivity contribution >= 4 is 22.0 Å². The minimum atomic E-state index is -3.24. The Morgan fingerprint density at radius 2 is 1.88 bits per heavy atom. The average Bonchev–Trinajstić information content (AvgIpc) is 2.52. The number of nitrogens with one attached hydrogen (secondary N) is 1. The third-order valence-electron chi connectivity index (χ3n) is 3.71. The van der Waals surface area contributed by atoms with E-state index in [-0.39, 0.29) is 17.7 Å². The van der Waals surface area contributed by atoms with Gasteiger partial charge in [0.15, 0.2) is 0 Å². The van der Waals surface area contributed by atoms with Crippen molar-refractivity contribution in [2.45, 2.75) is 25.5 Å². The van der Waals surface area contributed by atoms with E-state index in [1.807, 2.05) is 0 Å². The van der Waals surface area contributed by atoms with Gasteiger partial charge in [-0.2, -0.15) is 8.78 Å². The molecule has 0 unspecified atom stereocenters. The van der Waals surface area contributed by atoms with Crippen LogP contribution >= 0.6 is 0 Å². The molecule has 0 saturated carbocycles. The predicted molar refractivity (Wildman–Crippen MR) is 89.7 cm³/mol. The number of nitrogens with zero attached hydrogens (tertiary/aromatic N) is 1. The molecule has 1 N–H and O–H groups in total.